The van der Waals surface area contributed by atoms with Crippen LogP contribution in [0.5, 0.6) is 5.75 Å². The zero-order valence-electron chi connectivity index (χ0n) is 23.2. The van der Waals surface area contributed by atoms with Gasteiger partial charge in [0, 0.05) is 24.5 Å². The summed E-state index contributed by atoms with van der Waals surface area (Å²) >= 11 is 0. The molecule has 0 heterocycles. The molecule has 5 nitrogen and oxygen atoms in total. The molecule has 0 bridgehead atoms. The summed E-state index contributed by atoms with van der Waals surface area (Å²) in [5.41, 5.74) is 2.91. The topological polar surface area (TPSA) is 61.6 Å². The van der Waals surface area contributed by atoms with Crippen molar-refractivity contribution < 1.29 is 14.1 Å². The fourth-order valence-electron chi connectivity index (χ4n) is 6.82. The lowest BCUT2D eigenvalue weighted by Crippen LogP contribution is -2.47. The van der Waals surface area contributed by atoms with E-state index in [1.54, 1.807) is 12.1 Å². The third-order valence-electron chi connectivity index (χ3n) is 8.64. The largest absolute Gasteiger partial charge is 0.546 e. The fourth-order valence-corrected chi connectivity index (χ4v) is 12.1. The van der Waals surface area contributed by atoms with Gasteiger partial charge in [-0.3, -0.25) is 10.1 Å². The summed E-state index contributed by atoms with van der Waals surface area (Å²) in [6, 6.07) is 6.43. The van der Waals surface area contributed by atoms with Crippen LogP contribution in [0, 0.1) is 21.4 Å². The van der Waals surface area contributed by atoms with E-state index in [2.05, 4.69) is 74.5 Å². The number of nitro groups is 1. The number of non-ortho nitro benzene ring substituents is 1. The van der Waals surface area contributed by atoms with Crippen LogP contribution in [0.25, 0.3) is 0 Å². The number of hydrogen-bond donors (Lipinski definition) is 0. The smallest absolute Gasteiger partial charge is 0.269 e. The van der Waals surface area contributed by atoms with Crippen LogP contribution < -0.4 is 4.74 Å². The van der Waals surface area contributed by atoms with E-state index in [0.717, 1.165) is 31.4 Å². The minimum Gasteiger partial charge on any atom is -0.546 e. The van der Waals surface area contributed by atoms with E-state index >= 15 is 0 Å². The summed E-state index contributed by atoms with van der Waals surface area (Å²) in [4.78, 5) is 10.6. The average Bonchev–Trinajstić information content (AvgIpc) is 3.01. The Hall–Kier alpha value is -2.08. The van der Waals surface area contributed by atoms with Gasteiger partial charge in [-0.25, -0.2) is 0 Å². The number of fused-ring (bicyclic) bond motifs is 1. The molecule has 0 N–H and O–H groups in total. The Bertz CT molecular complexity index is 955. The highest BCUT2D eigenvalue weighted by molar-refractivity contribution is 6.77. The number of rotatable bonds is 9. The Morgan fingerprint density at radius 3 is 2.11 bits per heavy atom. The first-order valence-electron chi connectivity index (χ1n) is 13.2. The predicted octanol–water partition coefficient (Wildman–Crippen LogP) is 8.96. The lowest BCUT2D eigenvalue weighted by molar-refractivity contribution is -0.384. The Kier molecular flexibility index (Phi) is 7.95. The zero-order chi connectivity index (χ0) is 26.2. The van der Waals surface area contributed by atoms with Crippen molar-refractivity contribution in [1.82, 2.24) is 0 Å². The second-order valence-corrected chi connectivity index (χ2v) is 17.6. The highest BCUT2D eigenvalue weighted by atomic mass is 28.4. The minimum absolute atomic E-state index is 0.0810. The molecule has 1 aromatic carbocycles. The van der Waals surface area contributed by atoms with E-state index in [4.69, 9.17) is 9.16 Å². The Labute approximate surface area is 213 Å². The third-order valence-corrected chi connectivity index (χ3v) is 14.7. The van der Waals surface area contributed by atoms with E-state index in [1.165, 1.54) is 17.7 Å². The molecule has 0 unspecified atom stereocenters. The van der Waals surface area contributed by atoms with E-state index in [9.17, 15) is 10.1 Å². The van der Waals surface area contributed by atoms with Crippen LogP contribution in [0.3, 0.4) is 0 Å². The van der Waals surface area contributed by atoms with E-state index in [1.807, 2.05) is 0 Å². The van der Waals surface area contributed by atoms with Crippen molar-refractivity contribution >= 4 is 14.0 Å². The van der Waals surface area contributed by atoms with Crippen LogP contribution in [0.1, 0.15) is 88.0 Å². The molecule has 0 spiro atoms. The molecule has 1 fully saturated rings. The third kappa shape index (κ3) is 5.37. The summed E-state index contributed by atoms with van der Waals surface area (Å²) in [5.74, 6) is 2.12. The molecule has 1 aromatic rings. The summed E-state index contributed by atoms with van der Waals surface area (Å²) in [7, 11) is -1.99. The quantitative estimate of drug-likeness (QED) is 0.147. The molecule has 2 aliphatic carbocycles. The zero-order valence-corrected chi connectivity index (χ0v) is 24.2. The molecule has 0 aromatic heterocycles. The van der Waals surface area contributed by atoms with Crippen LogP contribution in [-0.4, -0.2) is 18.8 Å². The van der Waals surface area contributed by atoms with Gasteiger partial charge in [0.1, 0.15) is 11.4 Å². The maximum absolute atomic E-state index is 11.0. The molecular formula is C29H45NO4Si. The number of nitrogens with zero attached hydrogens (tertiary/aromatic N) is 1. The van der Waals surface area contributed by atoms with Crippen LogP contribution in [0.2, 0.25) is 16.6 Å². The van der Waals surface area contributed by atoms with E-state index in [-0.39, 0.29) is 21.9 Å². The van der Waals surface area contributed by atoms with Gasteiger partial charge in [-0.1, -0.05) is 60.1 Å². The molecule has 3 rings (SSSR count). The first-order chi connectivity index (χ1) is 16.2. The molecule has 35 heavy (non-hydrogen) atoms. The Morgan fingerprint density at radius 2 is 1.60 bits per heavy atom. The van der Waals surface area contributed by atoms with Crippen molar-refractivity contribution in [2.45, 2.75) is 110 Å². The van der Waals surface area contributed by atoms with Crippen LogP contribution >= 0.6 is 0 Å². The van der Waals surface area contributed by atoms with Crippen molar-refractivity contribution in [1.29, 1.82) is 0 Å². The molecule has 1 saturated carbocycles. The van der Waals surface area contributed by atoms with Gasteiger partial charge in [0.15, 0.2) is 0 Å². The van der Waals surface area contributed by atoms with Gasteiger partial charge in [-0.2, -0.15) is 0 Å². The van der Waals surface area contributed by atoms with Gasteiger partial charge >= 0.3 is 0 Å². The monoisotopic (exact) mass is 499 g/mol. The van der Waals surface area contributed by atoms with Crippen LogP contribution in [0.15, 0.2) is 47.7 Å². The second-order valence-electron chi connectivity index (χ2n) is 12.3. The highest BCUT2D eigenvalue weighted by Crippen LogP contribution is 2.55. The number of nitro benzene ring substituents is 1. The predicted molar refractivity (Wildman–Crippen MR) is 146 cm³/mol. The summed E-state index contributed by atoms with van der Waals surface area (Å²) < 4.78 is 13.5. The first kappa shape index (κ1) is 27.5. The molecule has 6 heteroatoms. The summed E-state index contributed by atoms with van der Waals surface area (Å²) in [6.07, 6.45) is 8.85. The maximum Gasteiger partial charge on any atom is 0.269 e. The van der Waals surface area contributed by atoms with Crippen molar-refractivity contribution in [2.75, 3.05) is 0 Å². The fraction of sp³-hybridized carbons (Fsp3) is 0.655. The molecule has 2 aliphatic rings. The van der Waals surface area contributed by atoms with Crippen molar-refractivity contribution in [3.8, 4) is 5.75 Å². The minimum atomic E-state index is -1.99. The summed E-state index contributed by atoms with van der Waals surface area (Å²) in [5, 5.41) is 11.0. The second kappa shape index (κ2) is 10.1. The van der Waals surface area contributed by atoms with Crippen LogP contribution in [-0.2, 0) is 4.43 Å². The molecule has 0 saturated heterocycles. The molecular weight excluding hydrogens is 454 g/mol. The van der Waals surface area contributed by atoms with Crippen molar-refractivity contribution in [3.05, 3.63) is 57.9 Å². The number of benzene rings is 1. The van der Waals surface area contributed by atoms with Gasteiger partial charge in [-0.15, -0.1) is 0 Å². The molecule has 0 radical (unpaired) electrons. The highest BCUT2D eigenvalue weighted by Gasteiger charge is 2.49. The van der Waals surface area contributed by atoms with Crippen LogP contribution in [0.4, 0.5) is 5.69 Å². The lowest BCUT2D eigenvalue weighted by atomic mass is 9.76. The van der Waals surface area contributed by atoms with Gasteiger partial charge in [0.2, 0.25) is 0 Å². The van der Waals surface area contributed by atoms with Gasteiger partial charge in [0.25, 0.3) is 14.0 Å². The Morgan fingerprint density at radius 1 is 1.03 bits per heavy atom. The van der Waals surface area contributed by atoms with Gasteiger partial charge in [0.05, 0.1) is 10.7 Å². The van der Waals surface area contributed by atoms with E-state index < -0.39 is 13.9 Å². The van der Waals surface area contributed by atoms with Gasteiger partial charge in [-0.05, 0) is 73.4 Å². The standard InChI is InChI=1S/C29H45NO4Si/c1-20(2)35(21(3)4,22(5)6)34-25-14-15-27-26(17-19-29(27,9)18-16-25)28(7,8)33-24-12-10-23(11-13-24)30(31)32/h10-13,15-16,20-22,26H,14,17-19H2,1-9H3/t26-,29-/m0/s1. The maximum atomic E-state index is 11.0. The van der Waals surface area contributed by atoms with E-state index in [0.29, 0.717) is 22.4 Å². The summed E-state index contributed by atoms with van der Waals surface area (Å²) in [6.45, 7) is 20.7. The molecule has 2 atom stereocenters. The Balaban J connectivity index is 1.83. The van der Waals surface area contributed by atoms with Crippen molar-refractivity contribution in [2.24, 2.45) is 11.3 Å². The molecule has 0 aliphatic heterocycles. The molecule has 0 amide bonds. The average molecular weight is 500 g/mol. The van der Waals surface area contributed by atoms with Crippen molar-refractivity contribution in [3.63, 3.8) is 0 Å². The molecule has 194 valence electrons. The SMILES string of the molecule is CC(C)[Si](OC1=CC[C@@]2(C)CC[C@H](C(C)(C)Oc3ccc([N+](=O)[O-])cc3)C2=CC1)(C(C)C)C(C)C. The lowest BCUT2D eigenvalue weighted by Gasteiger charge is -2.43. The first-order valence-corrected chi connectivity index (χ1v) is 15.4. The number of ether oxygens (including phenoxy) is 1. The number of allylic oxidation sites excluding steroid dienone is 2. The normalized spacial score (nSPS) is 23.1. The number of hydrogen-bond acceptors (Lipinski definition) is 4. The van der Waals surface area contributed by atoms with Gasteiger partial charge < -0.3 is 9.16 Å².